The smallest absolute Gasteiger partial charge is 0 e. The first-order chi connectivity index (χ1) is 6.70. The summed E-state index contributed by atoms with van der Waals surface area (Å²) in [4.78, 5) is 0. The fraction of sp³-hybridized carbons (Fsp3) is 1.00. The highest BCUT2D eigenvalue weighted by Gasteiger charge is 2.19. The van der Waals surface area contributed by atoms with Crippen molar-refractivity contribution in [2.24, 2.45) is 11.8 Å². The Labute approximate surface area is 122 Å². The van der Waals surface area contributed by atoms with Crippen LogP contribution in [0.1, 0.15) is 26.7 Å². The van der Waals surface area contributed by atoms with Gasteiger partial charge in [0.15, 0.2) is 0 Å². The average molecular weight is 343 g/mol. The first-order valence-corrected chi connectivity index (χ1v) is 12.1. The SMILES string of the molecule is CC1CC(C)C1.S=S.SSSSSS. The maximum absolute atomic E-state index is 3.87. The molecule has 0 aromatic carbocycles. The second kappa shape index (κ2) is 15.5. The molecule has 1 fully saturated rings. The molecule has 0 saturated heterocycles. The standard InChI is InChI=1S/C6H12.H2S6.S2/c1-5-3-6(2)4-5;1-3-5-6-4-2;1-2/h5-6H,3-4H2,1-2H3;1-2H;. The third-order valence-electron chi connectivity index (χ3n) is 1.70. The molecule has 1 aliphatic carbocycles. The van der Waals surface area contributed by atoms with Crippen LogP contribution in [0.2, 0.25) is 0 Å². The van der Waals surface area contributed by atoms with Crippen molar-refractivity contribution in [1.82, 2.24) is 0 Å². The fourth-order valence-corrected chi connectivity index (χ4v) is 7.34. The normalized spacial score (nSPS) is 23.4. The average Bonchev–Trinajstić information content (AvgIpc) is 2.17. The van der Waals surface area contributed by atoms with Crippen LogP contribution in [-0.2, 0) is 22.4 Å². The summed E-state index contributed by atoms with van der Waals surface area (Å²) in [5, 5.41) is 0. The van der Waals surface area contributed by atoms with Gasteiger partial charge >= 0.3 is 0 Å². The van der Waals surface area contributed by atoms with Gasteiger partial charge in [0, 0.05) is 22.4 Å². The Morgan fingerprint density at radius 2 is 1.21 bits per heavy atom. The van der Waals surface area contributed by atoms with Crippen LogP contribution >= 0.6 is 62.6 Å². The van der Waals surface area contributed by atoms with Crippen LogP contribution in [0, 0.1) is 11.8 Å². The van der Waals surface area contributed by atoms with Gasteiger partial charge in [-0.15, -0.1) is 0 Å². The van der Waals surface area contributed by atoms with E-state index in [4.69, 9.17) is 0 Å². The van der Waals surface area contributed by atoms with E-state index in [9.17, 15) is 0 Å². The maximum atomic E-state index is 3.87. The molecule has 0 nitrogen and oxygen atoms in total. The maximum Gasteiger partial charge on any atom is 0 e. The van der Waals surface area contributed by atoms with E-state index >= 15 is 0 Å². The summed E-state index contributed by atoms with van der Waals surface area (Å²) in [6.45, 7) is 4.64. The summed E-state index contributed by atoms with van der Waals surface area (Å²) in [7, 11) is 6.05. The molecule has 1 aliphatic rings. The molecular formula is C6H14S8. The Morgan fingerprint density at radius 1 is 0.929 bits per heavy atom. The van der Waals surface area contributed by atoms with E-state index in [0.29, 0.717) is 0 Å². The lowest BCUT2D eigenvalue weighted by atomic mass is 9.78. The predicted octanol–water partition coefficient (Wildman–Crippen LogP) is 5.40. The zero-order valence-corrected chi connectivity index (χ0v) is 14.6. The van der Waals surface area contributed by atoms with Crippen molar-refractivity contribution in [3.05, 3.63) is 0 Å². The van der Waals surface area contributed by atoms with Gasteiger partial charge in [-0.25, -0.2) is 0 Å². The topological polar surface area (TPSA) is 0 Å². The van der Waals surface area contributed by atoms with Gasteiger partial charge in [-0.1, -0.05) is 37.2 Å². The lowest BCUT2D eigenvalue weighted by Gasteiger charge is -2.28. The van der Waals surface area contributed by atoms with Gasteiger partial charge in [-0.05, 0) is 64.0 Å². The van der Waals surface area contributed by atoms with E-state index in [2.05, 4.69) is 59.5 Å². The van der Waals surface area contributed by atoms with Gasteiger partial charge in [0.2, 0.25) is 0 Å². The van der Waals surface area contributed by atoms with Gasteiger partial charge in [0.25, 0.3) is 0 Å². The van der Waals surface area contributed by atoms with E-state index < -0.39 is 0 Å². The van der Waals surface area contributed by atoms with E-state index in [0.717, 1.165) is 11.8 Å². The number of hydrogen-bond donors (Lipinski definition) is 2. The Hall–Kier alpha value is 2.54. The minimum Gasteiger partial charge on any atom is -0.0988 e. The fourth-order valence-electron chi connectivity index (χ4n) is 1.33. The molecule has 0 radical (unpaired) electrons. The summed E-state index contributed by atoms with van der Waals surface area (Å²) in [6, 6.07) is 0. The Balaban J connectivity index is 0. The van der Waals surface area contributed by atoms with Crippen LogP contribution in [0.25, 0.3) is 0 Å². The summed E-state index contributed by atoms with van der Waals surface area (Å²) in [5.41, 5.74) is 0. The largest absolute Gasteiger partial charge is 0.0988 e. The van der Waals surface area contributed by atoms with Gasteiger partial charge in [0.1, 0.15) is 0 Å². The minimum absolute atomic E-state index is 1.04. The summed E-state index contributed by atoms with van der Waals surface area (Å²) >= 11 is 15.1. The van der Waals surface area contributed by atoms with Crippen LogP contribution in [0.5, 0.6) is 0 Å². The quantitative estimate of drug-likeness (QED) is 0.397. The number of thiol groups is 2. The zero-order valence-electron chi connectivity index (χ0n) is 7.91. The third kappa shape index (κ3) is 14.5. The number of rotatable bonds is 3. The van der Waals surface area contributed by atoms with E-state index in [1.165, 1.54) is 32.5 Å². The van der Waals surface area contributed by atoms with Crippen LogP contribution < -0.4 is 0 Å². The van der Waals surface area contributed by atoms with Crippen LogP contribution in [0.4, 0.5) is 0 Å². The predicted molar refractivity (Wildman–Crippen MR) is 90.6 cm³/mol. The van der Waals surface area contributed by atoms with Crippen molar-refractivity contribution in [2.75, 3.05) is 0 Å². The van der Waals surface area contributed by atoms with E-state index in [1.54, 1.807) is 19.7 Å². The van der Waals surface area contributed by atoms with Crippen molar-refractivity contribution < 1.29 is 0 Å². The lowest BCUT2D eigenvalue weighted by Crippen LogP contribution is -2.16. The van der Waals surface area contributed by atoms with Crippen LogP contribution in [-0.4, -0.2) is 0 Å². The summed E-state index contributed by atoms with van der Waals surface area (Å²) in [5.74, 6) is 2.08. The molecule has 0 N–H and O–H groups in total. The highest BCUT2D eigenvalue weighted by atomic mass is 33.9. The highest BCUT2D eigenvalue weighted by molar-refractivity contribution is 9.40. The summed E-state index contributed by atoms with van der Waals surface area (Å²) < 4.78 is 0. The molecule has 1 rings (SSSR count). The zero-order chi connectivity index (χ0) is 11.4. The highest BCUT2D eigenvalue weighted by Crippen LogP contribution is 2.45. The van der Waals surface area contributed by atoms with Gasteiger partial charge in [-0.3, -0.25) is 0 Å². The molecule has 0 atom stereocenters. The summed E-state index contributed by atoms with van der Waals surface area (Å²) in [6.07, 6.45) is 2.94. The molecule has 0 aliphatic heterocycles. The molecule has 0 aromatic heterocycles. The second-order valence-corrected chi connectivity index (χ2v) is 10.4. The van der Waals surface area contributed by atoms with Crippen LogP contribution in [0.15, 0.2) is 0 Å². The Bertz CT molecular complexity index is 94.0. The van der Waals surface area contributed by atoms with E-state index in [1.807, 2.05) is 0 Å². The van der Waals surface area contributed by atoms with E-state index in [-0.39, 0.29) is 0 Å². The monoisotopic (exact) mass is 342 g/mol. The van der Waals surface area contributed by atoms with Gasteiger partial charge < -0.3 is 0 Å². The molecule has 0 heterocycles. The minimum atomic E-state index is 1.04. The van der Waals surface area contributed by atoms with Crippen LogP contribution in [0.3, 0.4) is 0 Å². The molecule has 14 heavy (non-hydrogen) atoms. The van der Waals surface area contributed by atoms with Crippen molar-refractivity contribution >= 4 is 85.0 Å². The molecular weight excluding hydrogens is 329 g/mol. The molecule has 0 spiro atoms. The molecule has 86 valence electrons. The number of hydrogen-bond acceptors (Lipinski definition) is 8. The second-order valence-electron chi connectivity index (χ2n) is 2.97. The molecule has 8 heteroatoms. The first kappa shape index (κ1) is 18.9. The molecule has 0 aromatic rings. The van der Waals surface area contributed by atoms with Crippen molar-refractivity contribution in [2.45, 2.75) is 26.7 Å². The van der Waals surface area contributed by atoms with Crippen molar-refractivity contribution in [3.63, 3.8) is 0 Å². The van der Waals surface area contributed by atoms with Gasteiger partial charge in [-0.2, -0.15) is 0 Å². The molecule has 0 bridgehead atoms. The first-order valence-electron chi connectivity index (χ1n) is 3.82. The third-order valence-corrected chi connectivity index (χ3v) is 8.79. The van der Waals surface area contributed by atoms with Crippen molar-refractivity contribution in [1.29, 1.82) is 0 Å². The molecule has 0 unspecified atom stereocenters. The van der Waals surface area contributed by atoms with Crippen molar-refractivity contribution in [3.8, 4) is 0 Å². The molecule has 0 amide bonds. The van der Waals surface area contributed by atoms with Gasteiger partial charge in [0.05, 0.1) is 0 Å². The Kier molecular flexibility index (Phi) is 21.0. The molecule has 1 saturated carbocycles. The lowest BCUT2D eigenvalue weighted by molar-refractivity contribution is 0.233. The Morgan fingerprint density at radius 3 is 1.29 bits per heavy atom.